The Labute approximate surface area is 171 Å². The number of hydrogen-bond acceptors (Lipinski definition) is 6. The van der Waals surface area contributed by atoms with Crippen molar-refractivity contribution in [2.24, 2.45) is 0 Å². The second kappa shape index (κ2) is 7.84. The number of hydrogen-bond donors (Lipinski definition) is 3. The van der Waals surface area contributed by atoms with Gasteiger partial charge in [0.05, 0.1) is 24.7 Å². The molecule has 0 unspecified atom stereocenters. The van der Waals surface area contributed by atoms with Gasteiger partial charge in [0.25, 0.3) is 5.56 Å². The number of carbonyl (C=O) groups excluding carboxylic acids is 2. The van der Waals surface area contributed by atoms with E-state index in [4.69, 9.17) is 16.3 Å². The summed E-state index contributed by atoms with van der Waals surface area (Å²) in [6.45, 7) is 4.03. The molecule has 2 amide bonds. The summed E-state index contributed by atoms with van der Waals surface area (Å²) in [6, 6.07) is 5.13. The van der Waals surface area contributed by atoms with Crippen LogP contribution in [0, 0.1) is 6.92 Å². The summed E-state index contributed by atoms with van der Waals surface area (Å²) in [4.78, 5) is 47.0. The van der Waals surface area contributed by atoms with Gasteiger partial charge in [-0.05, 0) is 24.6 Å². The number of anilines is 3. The fourth-order valence-electron chi connectivity index (χ4n) is 3.46. The number of amides is 2. The van der Waals surface area contributed by atoms with Crippen LogP contribution in [0.3, 0.4) is 0 Å². The lowest BCUT2D eigenvalue weighted by atomic mass is 9.92. The molecule has 1 aromatic carbocycles. The number of aromatic nitrogens is 2. The fraction of sp³-hybridized carbons (Fsp3) is 0.368. The first kappa shape index (κ1) is 19.4. The van der Waals surface area contributed by atoms with Gasteiger partial charge in [0, 0.05) is 30.2 Å². The monoisotopic (exact) mass is 417 g/mol. The number of H-pyrrole nitrogens is 1. The van der Waals surface area contributed by atoms with Gasteiger partial charge in [0.1, 0.15) is 5.82 Å². The number of nitrogens with one attached hydrogen (secondary N) is 3. The highest BCUT2D eigenvalue weighted by molar-refractivity contribution is 6.31. The molecule has 3 N–H and O–H groups in total. The van der Waals surface area contributed by atoms with Crippen molar-refractivity contribution in [2.45, 2.75) is 19.3 Å². The molecule has 0 radical (unpaired) electrons. The first-order chi connectivity index (χ1) is 13.9. The molecule has 9 nitrogen and oxygen atoms in total. The Morgan fingerprint density at radius 2 is 2.07 bits per heavy atom. The minimum Gasteiger partial charge on any atom is -0.378 e. The molecule has 2 aliphatic heterocycles. The van der Waals surface area contributed by atoms with Crippen molar-refractivity contribution in [3.05, 3.63) is 44.7 Å². The summed E-state index contributed by atoms with van der Waals surface area (Å²) >= 11 is 6.01. The van der Waals surface area contributed by atoms with Crippen molar-refractivity contribution in [1.29, 1.82) is 0 Å². The third-order valence-electron chi connectivity index (χ3n) is 5.02. The average molecular weight is 418 g/mol. The molecule has 2 aromatic rings. The number of fused-ring (bicyclic) bond motifs is 1. The van der Waals surface area contributed by atoms with Gasteiger partial charge in [-0.15, -0.1) is 0 Å². The van der Waals surface area contributed by atoms with Gasteiger partial charge in [-0.3, -0.25) is 19.4 Å². The van der Waals surface area contributed by atoms with Crippen molar-refractivity contribution in [1.82, 2.24) is 9.97 Å². The largest absolute Gasteiger partial charge is 0.378 e. The summed E-state index contributed by atoms with van der Waals surface area (Å²) in [7, 11) is 0. The summed E-state index contributed by atoms with van der Waals surface area (Å²) in [5.74, 6) is -1.31. The molecule has 1 fully saturated rings. The van der Waals surface area contributed by atoms with Crippen molar-refractivity contribution < 1.29 is 14.3 Å². The Bertz CT molecular complexity index is 1030. The molecule has 1 atom stereocenters. The highest BCUT2D eigenvalue weighted by atomic mass is 35.5. The minimum absolute atomic E-state index is 0.120. The molecule has 1 saturated heterocycles. The third kappa shape index (κ3) is 3.96. The minimum atomic E-state index is -0.952. The highest BCUT2D eigenvalue weighted by Gasteiger charge is 2.35. The summed E-state index contributed by atoms with van der Waals surface area (Å²) < 4.78 is 5.31. The molecule has 0 aliphatic carbocycles. The number of nitrogens with zero attached hydrogens (tertiary/aromatic N) is 2. The topological polar surface area (TPSA) is 116 Å². The predicted molar refractivity (Wildman–Crippen MR) is 109 cm³/mol. The first-order valence-electron chi connectivity index (χ1n) is 9.26. The van der Waals surface area contributed by atoms with Crippen molar-refractivity contribution in [2.75, 3.05) is 41.8 Å². The fourth-order valence-corrected chi connectivity index (χ4v) is 3.63. The molecule has 3 heterocycles. The maximum absolute atomic E-state index is 12.9. The van der Waals surface area contributed by atoms with Crippen LogP contribution in [0.25, 0.3) is 0 Å². The second-order valence-electron chi connectivity index (χ2n) is 7.00. The standard InChI is InChI=1S/C19H20ClN5O4/c1-10-2-3-11(20)8-13(10)21-17(27)12-9-14(26)22-16-15(12)18(28)24-19(23-16)25-4-6-29-7-5-25/h2-3,8,12H,4-7,9H2,1H3,(H,21,27)(H2,22,23,24,26,28)/t12-/m0/s1. The number of ether oxygens (including phenoxy) is 1. The van der Waals surface area contributed by atoms with Crippen molar-refractivity contribution in [3.8, 4) is 0 Å². The van der Waals surface area contributed by atoms with Crippen LogP contribution in [0.4, 0.5) is 17.5 Å². The van der Waals surface area contributed by atoms with Crippen LogP contribution in [-0.4, -0.2) is 48.1 Å². The van der Waals surface area contributed by atoms with Crippen LogP contribution in [0.15, 0.2) is 23.0 Å². The first-order valence-corrected chi connectivity index (χ1v) is 9.64. The Hall–Kier alpha value is -2.91. The second-order valence-corrected chi connectivity index (χ2v) is 7.44. The van der Waals surface area contributed by atoms with Gasteiger partial charge in [0.15, 0.2) is 0 Å². The smallest absolute Gasteiger partial charge is 0.258 e. The van der Waals surface area contributed by atoms with Gasteiger partial charge < -0.3 is 20.3 Å². The molecule has 10 heteroatoms. The molecule has 1 aromatic heterocycles. The van der Waals surface area contributed by atoms with Crippen molar-refractivity contribution >= 4 is 40.9 Å². The van der Waals surface area contributed by atoms with E-state index in [2.05, 4.69) is 20.6 Å². The van der Waals surface area contributed by atoms with Crippen LogP contribution >= 0.6 is 11.6 Å². The lowest BCUT2D eigenvalue weighted by molar-refractivity contribution is -0.123. The quantitative estimate of drug-likeness (QED) is 0.699. The average Bonchev–Trinajstić information content (AvgIpc) is 2.70. The predicted octanol–water partition coefficient (Wildman–Crippen LogP) is 1.63. The molecule has 4 rings (SSSR count). The number of halogens is 1. The normalized spacial score (nSPS) is 18.8. The van der Waals surface area contributed by atoms with E-state index in [1.807, 2.05) is 11.8 Å². The van der Waals surface area contributed by atoms with Crippen LogP contribution < -0.4 is 21.1 Å². The molecular weight excluding hydrogens is 398 g/mol. The molecule has 2 aliphatic rings. The zero-order chi connectivity index (χ0) is 20.5. The molecule has 0 bridgehead atoms. The maximum Gasteiger partial charge on any atom is 0.258 e. The lowest BCUT2D eigenvalue weighted by Crippen LogP contribution is -2.41. The van der Waals surface area contributed by atoms with Gasteiger partial charge in [-0.2, -0.15) is 4.98 Å². The van der Waals surface area contributed by atoms with Crippen LogP contribution in [0.5, 0.6) is 0 Å². The molecule has 0 spiro atoms. The van der Waals surface area contributed by atoms with Gasteiger partial charge in [-0.1, -0.05) is 17.7 Å². The third-order valence-corrected chi connectivity index (χ3v) is 5.26. The molecule has 29 heavy (non-hydrogen) atoms. The van der Waals surface area contributed by atoms with Gasteiger partial charge >= 0.3 is 0 Å². The van der Waals surface area contributed by atoms with E-state index in [1.54, 1.807) is 18.2 Å². The Balaban J connectivity index is 1.66. The van der Waals surface area contributed by atoms with E-state index < -0.39 is 17.4 Å². The van der Waals surface area contributed by atoms with Gasteiger partial charge in [-0.25, -0.2) is 0 Å². The Morgan fingerprint density at radius 3 is 2.83 bits per heavy atom. The van der Waals surface area contributed by atoms with Gasteiger partial charge in [0.2, 0.25) is 17.8 Å². The molecule has 152 valence electrons. The van der Waals surface area contributed by atoms with Crippen LogP contribution in [0.1, 0.15) is 23.5 Å². The van der Waals surface area contributed by atoms with Crippen molar-refractivity contribution in [3.63, 3.8) is 0 Å². The SMILES string of the molecule is Cc1ccc(Cl)cc1NC(=O)[C@H]1CC(=O)Nc2nc(N3CCOCC3)[nH]c(=O)c21. The number of aromatic amines is 1. The van der Waals surface area contributed by atoms with E-state index >= 15 is 0 Å². The maximum atomic E-state index is 12.9. The number of aryl methyl sites for hydroxylation is 1. The summed E-state index contributed by atoms with van der Waals surface area (Å²) in [5.41, 5.74) is 1.06. The zero-order valence-corrected chi connectivity index (χ0v) is 16.5. The van der Waals surface area contributed by atoms with E-state index in [9.17, 15) is 14.4 Å². The lowest BCUT2D eigenvalue weighted by Gasteiger charge is -2.29. The number of morpholine rings is 1. The van der Waals surface area contributed by atoms with E-state index in [-0.39, 0.29) is 23.7 Å². The van der Waals surface area contributed by atoms with E-state index in [1.165, 1.54) is 0 Å². The highest BCUT2D eigenvalue weighted by Crippen LogP contribution is 2.31. The molecular formula is C19H20ClN5O4. The van der Waals surface area contributed by atoms with E-state index in [0.717, 1.165) is 5.56 Å². The number of benzene rings is 1. The van der Waals surface area contributed by atoms with E-state index in [0.29, 0.717) is 43.0 Å². The Morgan fingerprint density at radius 1 is 1.31 bits per heavy atom. The zero-order valence-electron chi connectivity index (χ0n) is 15.8. The molecule has 0 saturated carbocycles. The summed E-state index contributed by atoms with van der Waals surface area (Å²) in [6.07, 6.45) is -0.139. The van der Waals surface area contributed by atoms with Crippen LogP contribution in [-0.2, 0) is 14.3 Å². The number of rotatable bonds is 3. The Kier molecular flexibility index (Phi) is 5.25. The summed E-state index contributed by atoms with van der Waals surface area (Å²) in [5, 5.41) is 5.87. The van der Waals surface area contributed by atoms with Crippen LogP contribution in [0.2, 0.25) is 5.02 Å². The number of carbonyl (C=O) groups is 2.